The number of ether oxygens (including phenoxy) is 1. The molecule has 0 bridgehead atoms. The molecule has 0 unspecified atom stereocenters. The van der Waals surface area contributed by atoms with Crippen molar-refractivity contribution in [3.05, 3.63) is 95.1 Å². The molecule has 0 saturated carbocycles. The van der Waals surface area contributed by atoms with E-state index in [9.17, 15) is 9.59 Å². The Kier molecular flexibility index (Phi) is 5.52. The Morgan fingerprint density at radius 1 is 0.963 bits per heavy atom. The van der Waals surface area contributed by atoms with Gasteiger partial charge in [0.1, 0.15) is 12.4 Å². The minimum Gasteiger partial charge on any atom is -0.488 e. The summed E-state index contributed by atoms with van der Waals surface area (Å²) in [5.41, 5.74) is 8.88. The van der Waals surface area contributed by atoms with E-state index in [2.05, 4.69) is 5.32 Å². The van der Waals surface area contributed by atoms with Crippen molar-refractivity contribution in [1.29, 1.82) is 0 Å². The lowest BCUT2D eigenvalue weighted by atomic mass is 10.1. The van der Waals surface area contributed by atoms with E-state index >= 15 is 0 Å². The van der Waals surface area contributed by atoms with Gasteiger partial charge < -0.3 is 15.8 Å². The molecule has 0 aromatic heterocycles. The van der Waals surface area contributed by atoms with Gasteiger partial charge in [-0.25, -0.2) is 0 Å². The average molecular weight is 360 g/mol. The van der Waals surface area contributed by atoms with Crippen LogP contribution in [0, 0.1) is 6.92 Å². The summed E-state index contributed by atoms with van der Waals surface area (Å²) in [5, 5.41) is 2.84. The van der Waals surface area contributed by atoms with Crippen LogP contribution in [0.1, 0.15) is 31.8 Å². The van der Waals surface area contributed by atoms with Crippen LogP contribution in [0.5, 0.6) is 5.75 Å². The maximum Gasteiger partial charge on any atom is 0.255 e. The van der Waals surface area contributed by atoms with Crippen molar-refractivity contribution in [3.8, 4) is 5.75 Å². The normalized spacial score (nSPS) is 10.3. The highest BCUT2D eigenvalue weighted by Gasteiger charge is 2.10. The molecule has 0 fully saturated rings. The molecule has 0 spiro atoms. The van der Waals surface area contributed by atoms with Crippen molar-refractivity contribution in [2.75, 3.05) is 5.32 Å². The van der Waals surface area contributed by atoms with Crippen LogP contribution in [0.3, 0.4) is 0 Å². The van der Waals surface area contributed by atoms with Gasteiger partial charge in [-0.3, -0.25) is 9.59 Å². The second-order valence-corrected chi connectivity index (χ2v) is 6.17. The van der Waals surface area contributed by atoms with Crippen LogP contribution in [-0.2, 0) is 6.61 Å². The number of carbonyl (C=O) groups excluding carboxylic acids is 2. The summed E-state index contributed by atoms with van der Waals surface area (Å²) in [6.07, 6.45) is 0. The van der Waals surface area contributed by atoms with Crippen LogP contribution < -0.4 is 15.8 Å². The smallest absolute Gasteiger partial charge is 0.255 e. The monoisotopic (exact) mass is 360 g/mol. The van der Waals surface area contributed by atoms with Crippen LogP contribution in [-0.4, -0.2) is 11.8 Å². The molecule has 0 aliphatic carbocycles. The van der Waals surface area contributed by atoms with Gasteiger partial charge in [-0.1, -0.05) is 36.4 Å². The molecule has 3 aromatic rings. The first-order valence-electron chi connectivity index (χ1n) is 8.51. The number of nitrogens with two attached hydrogens (primary N) is 1. The van der Waals surface area contributed by atoms with E-state index in [1.54, 1.807) is 24.3 Å². The van der Waals surface area contributed by atoms with Gasteiger partial charge in [-0.15, -0.1) is 0 Å². The molecule has 3 N–H and O–H groups in total. The van der Waals surface area contributed by atoms with Crippen molar-refractivity contribution in [2.24, 2.45) is 5.73 Å². The number of para-hydroxylation sites is 1. The molecule has 27 heavy (non-hydrogen) atoms. The minimum absolute atomic E-state index is 0.177. The predicted molar refractivity (Wildman–Crippen MR) is 105 cm³/mol. The Bertz CT molecular complexity index is 951. The fourth-order valence-electron chi connectivity index (χ4n) is 2.59. The molecule has 3 aromatic carbocycles. The minimum atomic E-state index is -0.530. The second kappa shape index (κ2) is 8.19. The van der Waals surface area contributed by atoms with Crippen molar-refractivity contribution in [1.82, 2.24) is 0 Å². The van der Waals surface area contributed by atoms with Crippen molar-refractivity contribution >= 4 is 17.5 Å². The Hall–Kier alpha value is -3.60. The van der Waals surface area contributed by atoms with Gasteiger partial charge in [0.15, 0.2) is 0 Å². The number of anilines is 1. The zero-order chi connectivity index (χ0) is 19.2. The lowest BCUT2D eigenvalue weighted by Crippen LogP contribution is -2.13. The van der Waals surface area contributed by atoms with E-state index in [0.717, 1.165) is 16.8 Å². The molecular formula is C22H20N2O3. The second-order valence-electron chi connectivity index (χ2n) is 6.17. The van der Waals surface area contributed by atoms with E-state index in [-0.39, 0.29) is 12.5 Å². The first-order valence-corrected chi connectivity index (χ1v) is 8.51. The Morgan fingerprint density at radius 2 is 1.67 bits per heavy atom. The van der Waals surface area contributed by atoms with Gasteiger partial charge in [0.25, 0.3) is 11.8 Å². The number of hydrogen-bond donors (Lipinski definition) is 2. The lowest BCUT2D eigenvalue weighted by Gasteiger charge is -2.11. The largest absolute Gasteiger partial charge is 0.488 e. The van der Waals surface area contributed by atoms with E-state index in [1.165, 1.54) is 0 Å². The first kappa shape index (κ1) is 18.2. The number of primary amides is 1. The quantitative estimate of drug-likeness (QED) is 0.699. The van der Waals surface area contributed by atoms with Gasteiger partial charge >= 0.3 is 0 Å². The number of rotatable bonds is 6. The highest BCUT2D eigenvalue weighted by molar-refractivity contribution is 6.04. The van der Waals surface area contributed by atoms with Crippen LogP contribution >= 0.6 is 0 Å². The summed E-state index contributed by atoms with van der Waals surface area (Å²) in [4.78, 5) is 23.8. The summed E-state index contributed by atoms with van der Waals surface area (Å²) in [6, 6.07) is 21.6. The number of benzene rings is 3. The molecule has 136 valence electrons. The maximum absolute atomic E-state index is 12.3. The number of hydrogen-bond acceptors (Lipinski definition) is 3. The third-order valence-electron chi connectivity index (χ3n) is 4.04. The molecule has 0 atom stereocenters. The topological polar surface area (TPSA) is 81.4 Å². The fraction of sp³-hybridized carbons (Fsp3) is 0.0909. The third-order valence-corrected chi connectivity index (χ3v) is 4.04. The van der Waals surface area contributed by atoms with E-state index in [0.29, 0.717) is 16.9 Å². The van der Waals surface area contributed by atoms with Gasteiger partial charge in [-0.05, 0) is 54.4 Å². The Labute approximate surface area is 157 Å². The van der Waals surface area contributed by atoms with Gasteiger partial charge in [0, 0.05) is 11.3 Å². The van der Waals surface area contributed by atoms with Crippen LogP contribution in [0.15, 0.2) is 72.8 Å². The van der Waals surface area contributed by atoms with E-state index < -0.39 is 5.91 Å². The fourth-order valence-corrected chi connectivity index (χ4v) is 2.59. The SMILES string of the molecule is Cc1ccc(C(N)=O)c(OCc2ccc(C(=O)Nc3ccccc3)cc2)c1. The first-order chi connectivity index (χ1) is 13.0. The molecule has 0 radical (unpaired) electrons. The van der Waals surface area contributed by atoms with Gasteiger partial charge in [-0.2, -0.15) is 0 Å². The standard InChI is InChI=1S/C22H20N2O3/c1-15-7-12-19(21(23)25)20(13-15)27-14-16-8-10-17(11-9-16)22(26)24-18-5-3-2-4-6-18/h2-13H,14H2,1H3,(H2,23,25)(H,24,26). The average Bonchev–Trinajstić information content (AvgIpc) is 2.67. The number of aryl methyl sites for hydroxylation is 1. The summed E-state index contributed by atoms with van der Waals surface area (Å²) in [6.45, 7) is 2.18. The number of nitrogens with one attached hydrogen (secondary N) is 1. The molecule has 5 nitrogen and oxygen atoms in total. The molecule has 5 heteroatoms. The van der Waals surface area contributed by atoms with Crippen molar-refractivity contribution < 1.29 is 14.3 Å². The Balaban J connectivity index is 1.65. The van der Waals surface area contributed by atoms with E-state index in [4.69, 9.17) is 10.5 Å². The highest BCUT2D eigenvalue weighted by Crippen LogP contribution is 2.21. The number of amides is 2. The molecule has 0 aliphatic rings. The van der Waals surface area contributed by atoms with Crippen LogP contribution in [0.4, 0.5) is 5.69 Å². The molecule has 0 aliphatic heterocycles. The van der Waals surface area contributed by atoms with Crippen molar-refractivity contribution in [3.63, 3.8) is 0 Å². The zero-order valence-corrected chi connectivity index (χ0v) is 14.9. The maximum atomic E-state index is 12.3. The molecular weight excluding hydrogens is 340 g/mol. The third kappa shape index (κ3) is 4.73. The van der Waals surface area contributed by atoms with Gasteiger partial charge in [0.05, 0.1) is 5.56 Å². The Morgan fingerprint density at radius 3 is 2.33 bits per heavy atom. The summed E-state index contributed by atoms with van der Waals surface area (Å²) in [7, 11) is 0. The van der Waals surface area contributed by atoms with E-state index in [1.807, 2.05) is 55.5 Å². The van der Waals surface area contributed by atoms with Crippen LogP contribution in [0.2, 0.25) is 0 Å². The molecule has 0 saturated heterocycles. The molecule has 3 rings (SSSR count). The zero-order valence-electron chi connectivity index (χ0n) is 14.9. The number of carbonyl (C=O) groups is 2. The summed E-state index contributed by atoms with van der Waals surface area (Å²) in [5.74, 6) is -0.255. The summed E-state index contributed by atoms with van der Waals surface area (Å²) < 4.78 is 5.76. The highest BCUT2D eigenvalue weighted by atomic mass is 16.5. The predicted octanol–water partition coefficient (Wildman–Crippen LogP) is 3.93. The molecule has 2 amide bonds. The van der Waals surface area contributed by atoms with Gasteiger partial charge in [0.2, 0.25) is 0 Å². The summed E-state index contributed by atoms with van der Waals surface area (Å²) >= 11 is 0. The lowest BCUT2D eigenvalue weighted by molar-refractivity contribution is 0.0993. The van der Waals surface area contributed by atoms with Crippen LogP contribution in [0.25, 0.3) is 0 Å². The molecule has 0 heterocycles. The van der Waals surface area contributed by atoms with Crippen molar-refractivity contribution in [2.45, 2.75) is 13.5 Å².